The standard InChI is InChI=1S/C13H35N3Si2/c1-11(2)14-13(15-12(3)4)16(17(5,6)7)18(8,9)10/h11-15H,1-10H3. The number of hydrogen-bond acceptors (Lipinski definition) is 3. The van der Waals surface area contributed by atoms with Gasteiger partial charge < -0.3 is 4.23 Å². The van der Waals surface area contributed by atoms with Gasteiger partial charge in [0.05, 0.1) is 0 Å². The third-order valence-corrected chi connectivity index (χ3v) is 10.1. The summed E-state index contributed by atoms with van der Waals surface area (Å²) >= 11 is 0. The van der Waals surface area contributed by atoms with Crippen molar-refractivity contribution in [3.05, 3.63) is 0 Å². The number of hydrogen-bond donors (Lipinski definition) is 2. The Labute approximate surface area is 117 Å². The van der Waals surface area contributed by atoms with Gasteiger partial charge in [-0.1, -0.05) is 39.3 Å². The fourth-order valence-corrected chi connectivity index (χ4v) is 12.5. The molecule has 0 aliphatic rings. The zero-order valence-electron chi connectivity index (χ0n) is 14.2. The van der Waals surface area contributed by atoms with E-state index in [4.69, 9.17) is 0 Å². The van der Waals surface area contributed by atoms with Crippen LogP contribution in [0.15, 0.2) is 0 Å². The molecule has 0 bridgehead atoms. The lowest BCUT2D eigenvalue weighted by Crippen LogP contribution is -2.72. The van der Waals surface area contributed by atoms with E-state index in [2.05, 4.69) is 81.8 Å². The first-order valence-corrected chi connectivity index (χ1v) is 14.1. The lowest BCUT2D eigenvalue weighted by atomic mass is 10.4. The topological polar surface area (TPSA) is 27.3 Å². The van der Waals surface area contributed by atoms with Crippen LogP contribution in [0, 0.1) is 0 Å². The van der Waals surface area contributed by atoms with Crippen LogP contribution in [-0.2, 0) is 0 Å². The van der Waals surface area contributed by atoms with E-state index in [1.54, 1.807) is 0 Å². The maximum Gasteiger partial charge on any atom is 0.114 e. The highest BCUT2D eigenvalue weighted by molar-refractivity contribution is 6.89. The monoisotopic (exact) mass is 289 g/mol. The summed E-state index contributed by atoms with van der Waals surface area (Å²) in [5.74, 6) is 0. The van der Waals surface area contributed by atoms with Crippen LogP contribution in [0.1, 0.15) is 27.7 Å². The smallest absolute Gasteiger partial charge is 0.114 e. The Kier molecular flexibility index (Phi) is 6.77. The Balaban J connectivity index is 5.21. The van der Waals surface area contributed by atoms with Gasteiger partial charge in [-0.3, -0.25) is 10.6 Å². The highest BCUT2D eigenvalue weighted by atomic mass is 28.4. The lowest BCUT2D eigenvalue weighted by molar-refractivity contribution is 0.264. The van der Waals surface area contributed by atoms with Gasteiger partial charge in [-0.25, -0.2) is 0 Å². The minimum atomic E-state index is -1.35. The van der Waals surface area contributed by atoms with Crippen molar-refractivity contribution in [2.45, 2.75) is 85.4 Å². The van der Waals surface area contributed by atoms with Crippen LogP contribution in [0.4, 0.5) is 0 Å². The highest BCUT2D eigenvalue weighted by Gasteiger charge is 2.39. The van der Waals surface area contributed by atoms with Gasteiger partial charge in [0, 0.05) is 12.1 Å². The van der Waals surface area contributed by atoms with Crippen LogP contribution in [-0.4, -0.2) is 39.1 Å². The van der Waals surface area contributed by atoms with Gasteiger partial charge in [0.15, 0.2) is 0 Å². The number of nitrogens with zero attached hydrogens (tertiary/aromatic N) is 1. The molecule has 2 N–H and O–H groups in total. The molecule has 0 rings (SSSR count). The molecule has 0 aromatic rings. The van der Waals surface area contributed by atoms with Crippen molar-refractivity contribution in [1.29, 1.82) is 0 Å². The molecule has 110 valence electrons. The normalized spacial score (nSPS) is 14.3. The third kappa shape index (κ3) is 6.47. The predicted molar refractivity (Wildman–Crippen MR) is 88.9 cm³/mol. The first-order valence-electron chi connectivity index (χ1n) is 7.17. The molecule has 0 heterocycles. The van der Waals surface area contributed by atoms with Gasteiger partial charge in [-0.05, 0) is 27.7 Å². The molecule has 0 unspecified atom stereocenters. The van der Waals surface area contributed by atoms with Crippen LogP contribution < -0.4 is 10.6 Å². The van der Waals surface area contributed by atoms with Gasteiger partial charge in [-0.15, -0.1) is 0 Å². The zero-order chi connectivity index (χ0) is 14.7. The van der Waals surface area contributed by atoms with Crippen LogP contribution in [0.3, 0.4) is 0 Å². The quantitative estimate of drug-likeness (QED) is 0.556. The van der Waals surface area contributed by atoms with Crippen molar-refractivity contribution in [2.75, 3.05) is 0 Å². The Morgan fingerprint density at radius 2 is 0.944 bits per heavy atom. The van der Waals surface area contributed by atoms with Crippen LogP contribution >= 0.6 is 0 Å². The summed E-state index contributed by atoms with van der Waals surface area (Å²) in [5.41, 5.74) is 0. The van der Waals surface area contributed by atoms with Crippen LogP contribution in [0.2, 0.25) is 39.3 Å². The summed E-state index contributed by atoms with van der Waals surface area (Å²) in [6.07, 6.45) is 0.309. The Bertz CT molecular complexity index is 218. The van der Waals surface area contributed by atoms with E-state index in [-0.39, 0.29) is 0 Å². The lowest BCUT2D eigenvalue weighted by Gasteiger charge is -2.50. The summed E-state index contributed by atoms with van der Waals surface area (Å²) in [6.45, 7) is 23.6. The molecule has 0 saturated carbocycles. The molecular formula is C13H35N3Si2. The minimum absolute atomic E-state index is 0.309. The van der Waals surface area contributed by atoms with Crippen molar-refractivity contribution in [3.8, 4) is 0 Å². The van der Waals surface area contributed by atoms with E-state index < -0.39 is 16.5 Å². The summed E-state index contributed by atoms with van der Waals surface area (Å²) in [7, 11) is -2.70. The first kappa shape index (κ1) is 18.3. The molecule has 18 heavy (non-hydrogen) atoms. The van der Waals surface area contributed by atoms with E-state index in [0.29, 0.717) is 18.4 Å². The average molecular weight is 290 g/mol. The Morgan fingerprint density at radius 1 is 0.667 bits per heavy atom. The van der Waals surface area contributed by atoms with Gasteiger partial charge in [0.2, 0.25) is 0 Å². The first-order chi connectivity index (χ1) is 7.85. The molecule has 3 nitrogen and oxygen atoms in total. The maximum atomic E-state index is 3.71. The van der Waals surface area contributed by atoms with E-state index in [1.165, 1.54) is 0 Å². The molecule has 0 saturated heterocycles. The minimum Gasteiger partial charge on any atom is -0.319 e. The highest BCUT2D eigenvalue weighted by Crippen LogP contribution is 2.21. The summed E-state index contributed by atoms with van der Waals surface area (Å²) in [6, 6.07) is 0.993. The third-order valence-electron chi connectivity index (χ3n) is 2.69. The van der Waals surface area contributed by atoms with Crippen LogP contribution in [0.25, 0.3) is 0 Å². The molecule has 5 heteroatoms. The van der Waals surface area contributed by atoms with Gasteiger partial charge in [0.1, 0.15) is 22.8 Å². The van der Waals surface area contributed by atoms with E-state index >= 15 is 0 Å². The molecule has 0 amide bonds. The molecule has 0 aromatic heterocycles. The molecular weight excluding hydrogens is 254 g/mol. The van der Waals surface area contributed by atoms with E-state index in [9.17, 15) is 0 Å². The fourth-order valence-electron chi connectivity index (χ4n) is 2.61. The zero-order valence-corrected chi connectivity index (χ0v) is 16.2. The average Bonchev–Trinajstić information content (AvgIpc) is 1.93. The van der Waals surface area contributed by atoms with Crippen molar-refractivity contribution in [2.24, 2.45) is 0 Å². The molecule has 0 aromatic carbocycles. The van der Waals surface area contributed by atoms with E-state index in [1.807, 2.05) is 0 Å². The van der Waals surface area contributed by atoms with Crippen molar-refractivity contribution in [1.82, 2.24) is 14.9 Å². The van der Waals surface area contributed by atoms with E-state index in [0.717, 1.165) is 0 Å². The molecule has 0 radical (unpaired) electrons. The number of rotatable bonds is 7. The molecule has 0 aliphatic carbocycles. The molecule has 0 spiro atoms. The molecule has 0 aliphatic heterocycles. The Hall–Kier alpha value is 0.314. The predicted octanol–water partition coefficient (Wildman–Crippen LogP) is 3.24. The summed E-state index contributed by atoms with van der Waals surface area (Å²) < 4.78 is 2.79. The van der Waals surface area contributed by atoms with Gasteiger partial charge in [-0.2, -0.15) is 0 Å². The van der Waals surface area contributed by atoms with Crippen LogP contribution in [0.5, 0.6) is 0 Å². The second-order valence-electron chi connectivity index (χ2n) is 7.76. The second-order valence-corrected chi connectivity index (χ2v) is 17.9. The molecule has 0 fully saturated rings. The van der Waals surface area contributed by atoms with Crippen molar-refractivity contribution < 1.29 is 0 Å². The molecule has 0 atom stereocenters. The van der Waals surface area contributed by atoms with Crippen molar-refractivity contribution >= 4 is 16.5 Å². The van der Waals surface area contributed by atoms with Crippen molar-refractivity contribution in [3.63, 3.8) is 0 Å². The SMILES string of the molecule is CC(C)NC(NC(C)C)N([Si](C)(C)C)[Si](C)(C)C. The summed E-state index contributed by atoms with van der Waals surface area (Å²) in [4.78, 5) is 0. The second kappa shape index (κ2) is 6.65. The largest absolute Gasteiger partial charge is 0.319 e. The van der Waals surface area contributed by atoms with Gasteiger partial charge in [0.25, 0.3) is 0 Å². The fraction of sp³-hybridized carbons (Fsp3) is 1.00. The van der Waals surface area contributed by atoms with Gasteiger partial charge >= 0.3 is 0 Å². The Morgan fingerprint density at radius 3 is 1.11 bits per heavy atom. The maximum absolute atomic E-state index is 3.71. The number of nitrogens with one attached hydrogen (secondary N) is 2. The summed E-state index contributed by atoms with van der Waals surface area (Å²) in [5, 5.41) is 7.42.